The Bertz CT molecular complexity index is 323. The van der Waals surface area contributed by atoms with Crippen molar-refractivity contribution >= 4 is 0 Å². The van der Waals surface area contributed by atoms with Gasteiger partial charge < -0.3 is 9.47 Å². The first-order valence-electron chi connectivity index (χ1n) is 11.1. The maximum atomic E-state index is 5.76. The van der Waals surface area contributed by atoms with E-state index in [0.29, 0.717) is 0 Å². The van der Waals surface area contributed by atoms with Crippen molar-refractivity contribution in [1.82, 2.24) is 0 Å². The minimum absolute atomic E-state index is 0.0867. The molecule has 1 saturated heterocycles. The summed E-state index contributed by atoms with van der Waals surface area (Å²) in [6.45, 7) is 4.02. The van der Waals surface area contributed by atoms with Gasteiger partial charge in [-0.3, -0.25) is 0 Å². The molecule has 1 aliphatic heterocycles. The van der Waals surface area contributed by atoms with Crippen LogP contribution in [0.4, 0.5) is 0 Å². The molecule has 1 fully saturated rings. The van der Waals surface area contributed by atoms with E-state index in [2.05, 4.69) is 18.8 Å². The minimum Gasteiger partial charge on any atom is -0.353 e. The van der Waals surface area contributed by atoms with Gasteiger partial charge in [0.1, 0.15) is 0 Å². The van der Waals surface area contributed by atoms with Crippen molar-refractivity contribution in [3.63, 3.8) is 0 Å². The van der Waals surface area contributed by atoms with Gasteiger partial charge in [0.15, 0.2) is 6.29 Å². The fraction of sp³-hybridized carbons (Fsp3) is 0.913. The Morgan fingerprint density at radius 3 is 1.96 bits per heavy atom. The van der Waals surface area contributed by atoms with E-state index in [0.717, 1.165) is 32.5 Å². The third-order valence-corrected chi connectivity index (χ3v) is 4.92. The second-order valence-electron chi connectivity index (χ2n) is 7.41. The molecule has 0 aliphatic carbocycles. The molecular formula is C23H42O2. The lowest BCUT2D eigenvalue weighted by Crippen LogP contribution is -2.22. The first kappa shape index (κ1) is 22.5. The van der Waals surface area contributed by atoms with Crippen LogP contribution in [0.2, 0.25) is 0 Å². The normalized spacial score (nSPS) is 17.2. The monoisotopic (exact) mass is 350 g/mol. The van der Waals surface area contributed by atoms with E-state index in [4.69, 9.17) is 9.47 Å². The van der Waals surface area contributed by atoms with E-state index in [-0.39, 0.29) is 6.29 Å². The summed E-state index contributed by atoms with van der Waals surface area (Å²) in [5, 5.41) is 0. The second kappa shape index (κ2) is 18.3. The van der Waals surface area contributed by atoms with Crippen molar-refractivity contribution in [3.8, 4) is 11.8 Å². The standard InChI is InChI=1S/C23H42O2/c1-2-3-4-5-6-7-8-9-10-11-12-13-14-15-16-18-21-24-23-20-17-19-22-25-23/h23H,2-8,11-22H2,1H3. The Hall–Kier alpha value is -0.520. The van der Waals surface area contributed by atoms with Gasteiger partial charge in [-0.2, -0.15) is 0 Å². The van der Waals surface area contributed by atoms with Crippen LogP contribution in [0.25, 0.3) is 0 Å². The molecule has 2 nitrogen and oxygen atoms in total. The van der Waals surface area contributed by atoms with Crippen molar-refractivity contribution < 1.29 is 9.47 Å². The molecule has 0 aromatic carbocycles. The van der Waals surface area contributed by atoms with E-state index in [9.17, 15) is 0 Å². The van der Waals surface area contributed by atoms with E-state index in [1.807, 2.05) is 0 Å². The van der Waals surface area contributed by atoms with Gasteiger partial charge in [0, 0.05) is 26.1 Å². The number of hydrogen-bond acceptors (Lipinski definition) is 2. The number of hydrogen-bond donors (Lipinski definition) is 0. The topological polar surface area (TPSA) is 18.5 Å². The van der Waals surface area contributed by atoms with E-state index in [1.165, 1.54) is 89.9 Å². The van der Waals surface area contributed by atoms with Crippen molar-refractivity contribution in [1.29, 1.82) is 0 Å². The zero-order chi connectivity index (χ0) is 17.8. The third kappa shape index (κ3) is 15.5. The van der Waals surface area contributed by atoms with Gasteiger partial charge in [0.05, 0.1) is 0 Å². The molecule has 0 radical (unpaired) electrons. The van der Waals surface area contributed by atoms with Gasteiger partial charge in [-0.05, 0) is 38.5 Å². The van der Waals surface area contributed by atoms with Crippen molar-refractivity contribution in [2.24, 2.45) is 0 Å². The average Bonchev–Trinajstić information content (AvgIpc) is 2.65. The summed E-state index contributed by atoms with van der Waals surface area (Å²) in [6.07, 6.45) is 21.8. The second-order valence-corrected chi connectivity index (χ2v) is 7.41. The summed E-state index contributed by atoms with van der Waals surface area (Å²) >= 11 is 0. The van der Waals surface area contributed by atoms with Crippen molar-refractivity contribution in [3.05, 3.63) is 0 Å². The lowest BCUT2D eigenvalue weighted by Gasteiger charge is -2.22. The first-order chi connectivity index (χ1) is 12.4. The van der Waals surface area contributed by atoms with Crippen LogP contribution in [0.1, 0.15) is 116 Å². The van der Waals surface area contributed by atoms with Gasteiger partial charge in [-0.25, -0.2) is 0 Å². The van der Waals surface area contributed by atoms with Crippen LogP contribution < -0.4 is 0 Å². The smallest absolute Gasteiger partial charge is 0.157 e. The van der Waals surface area contributed by atoms with Gasteiger partial charge >= 0.3 is 0 Å². The predicted octanol–water partition coefficient (Wildman–Crippen LogP) is 7.01. The van der Waals surface area contributed by atoms with Crippen LogP contribution in [0.5, 0.6) is 0 Å². The molecule has 0 aromatic rings. The molecule has 146 valence electrons. The number of rotatable bonds is 15. The molecule has 1 aliphatic rings. The molecule has 0 N–H and O–H groups in total. The van der Waals surface area contributed by atoms with Crippen LogP contribution in [-0.2, 0) is 9.47 Å². The van der Waals surface area contributed by atoms with Crippen molar-refractivity contribution in [2.45, 2.75) is 122 Å². The Kier molecular flexibility index (Phi) is 16.5. The molecule has 1 heterocycles. The highest BCUT2D eigenvalue weighted by Crippen LogP contribution is 2.14. The van der Waals surface area contributed by atoms with Gasteiger partial charge in [0.25, 0.3) is 0 Å². The van der Waals surface area contributed by atoms with E-state index in [1.54, 1.807) is 0 Å². The molecule has 0 aromatic heterocycles. The molecule has 0 amide bonds. The molecule has 2 heteroatoms. The highest BCUT2D eigenvalue weighted by atomic mass is 16.7. The van der Waals surface area contributed by atoms with Crippen LogP contribution in [-0.4, -0.2) is 19.5 Å². The zero-order valence-corrected chi connectivity index (χ0v) is 16.8. The molecular weight excluding hydrogens is 308 g/mol. The third-order valence-electron chi connectivity index (χ3n) is 4.92. The lowest BCUT2D eigenvalue weighted by atomic mass is 10.1. The van der Waals surface area contributed by atoms with Crippen LogP contribution in [0, 0.1) is 11.8 Å². The van der Waals surface area contributed by atoms with Crippen LogP contribution in [0.15, 0.2) is 0 Å². The molecule has 25 heavy (non-hydrogen) atoms. The summed E-state index contributed by atoms with van der Waals surface area (Å²) in [5.74, 6) is 6.70. The molecule has 0 saturated carbocycles. The SMILES string of the molecule is CCCCCCCCC#CCCCCCCCCOC1CCCCO1. The minimum atomic E-state index is 0.0867. The molecule has 1 rings (SSSR count). The Balaban J connectivity index is 1.72. The number of unbranched alkanes of at least 4 members (excludes halogenated alkanes) is 12. The van der Waals surface area contributed by atoms with Crippen LogP contribution >= 0.6 is 0 Å². The average molecular weight is 351 g/mol. The first-order valence-corrected chi connectivity index (χ1v) is 11.1. The number of ether oxygens (including phenoxy) is 2. The fourth-order valence-electron chi connectivity index (χ4n) is 3.25. The van der Waals surface area contributed by atoms with Gasteiger partial charge in [0.2, 0.25) is 0 Å². The molecule has 0 spiro atoms. The molecule has 1 unspecified atom stereocenters. The quantitative estimate of drug-likeness (QED) is 0.233. The summed E-state index contributed by atoms with van der Waals surface area (Å²) in [4.78, 5) is 0. The maximum Gasteiger partial charge on any atom is 0.157 e. The summed E-state index contributed by atoms with van der Waals surface area (Å²) in [7, 11) is 0. The van der Waals surface area contributed by atoms with Crippen LogP contribution in [0.3, 0.4) is 0 Å². The van der Waals surface area contributed by atoms with Crippen molar-refractivity contribution in [2.75, 3.05) is 13.2 Å². The maximum absolute atomic E-state index is 5.76. The largest absolute Gasteiger partial charge is 0.353 e. The summed E-state index contributed by atoms with van der Waals surface area (Å²) in [5.41, 5.74) is 0. The summed E-state index contributed by atoms with van der Waals surface area (Å²) < 4.78 is 11.3. The Labute approximate surface area is 157 Å². The van der Waals surface area contributed by atoms with E-state index >= 15 is 0 Å². The summed E-state index contributed by atoms with van der Waals surface area (Å²) in [6, 6.07) is 0. The van der Waals surface area contributed by atoms with Gasteiger partial charge in [-0.1, -0.05) is 64.7 Å². The highest BCUT2D eigenvalue weighted by Gasteiger charge is 2.13. The molecule has 1 atom stereocenters. The fourth-order valence-corrected chi connectivity index (χ4v) is 3.25. The highest BCUT2D eigenvalue weighted by molar-refractivity contribution is 4.98. The predicted molar refractivity (Wildman–Crippen MR) is 108 cm³/mol. The zero-order valence-electron chi connectivity index (χ0n) is 16.8. The molecule has 0 bridgehead atoms. The van der Waals surface area contributed by atoms with E-state index < -0.39 is 0 Å². The Morgan fingerprint density at radius 2 is 1.36 bits per heavy atom. The van der Waals surface area contributed by atoms with Gasteiger partial charge in [-0.15, -0.1) is 11.8 Å². The lowest BCUT2D eigenvalue weighted by molar-refractivity contribution is -0.162. The Morgan fingerprint density at radius 1 is 0.760 bits per heavy atom.